The smallest absolute Gasteiger partial charge is 0.262 e. The maximum atomic E-state index is 13.1. The molecule has 2 aromatic heterocycles. The number of carbonyl (C=O) groups excluding carboxylic acids is 1. The molecule has 0 unspecified atom stereocenters. The van der Waals surface area contributed by atoms with E-state index in [1.165, 1.54) is 0 Å². The lowest BCUT2D eigenvalue weighted by atomic mass is 10.2. The highest BCUT2D eigenvalue weighted by Gasteiger charge is 2.18. The average molecular weight is 453 g/mol. The van der Waals surface area contributed by atoms with E-state index in [4.69, 9.17) is 4.74 Å². The lowest BCUT2D eigenvalue weighted by Gasteiger charge is -2.16. The van der Waals surface area contributed by atoms with Crippen molar-refractivity contribution in [3.05, 3.63) is 100 Å². The van der Waals surface area contributed by atoms with E-state index < -0.39 is 0 Å². The Bertz CT molecular complexity index is 1550. The normalized spacial score (nSPS) is 11.1. The zero-order valence-corrected chi connectivity index (χ0v) is 19.0. The Hall–Kier alpha value is -4.39. The van der Waals surface area contributed by atoms with Crippen LogP contribution in [0, 0.1) is 6.92 Å². The minimum atomic E-state index is -0.209. The van der Waals surface area contributed by atoms with E-state index in [2.05, 4.69) is 10.3 Å². The Morgan fingerprint density at radius 2 is 1.62 bits per heavy atom. The summed E-state index contributed by atoms with van der Waals surface area (Å²) in [5.41, 5.74) is 3.44. The van der Waals surface area contributed by atoms with Gasteiger partial charge in [0.15, 0.2) is 0 Å². The number of hydrogen-bond donors (Lipinski definition) is 1. The van der Waals surface area contributed by atoms with Crippen molar-refractivity contribution < 1.29 is 9.53 Å². The molecule has 0 aliphatic heterocycles. The number of nitrogens with one attached hydrogen (secondary N) is 1. The second kappa shape index (κ2) is 8.86. The van der Waals surface area contributed by atoms with Crippen LogP contribution in [-0.2, 0) is 17.8 Å². The van der Waals surface area contributed by atoms with E-state index in [0.29, 0.717) is 29.2 Å². The standard InChI is InChI=1S/C27H24N4O3/c1-3-22-18(2)30(27-29-23-11-7-8-12-24(23)31(27)26(22)33)17-25(32)28-19-13-15-21(16-14-19)34-20-9-5-4-6-10-20/h4-16H,3,17H2,1-2H3,(H,28,32). The van der Waals surface area contributed by atoms with Crippen LogP contribution in [0.3, 0.4) is 0 Å². The maximum Gasteiger partial charge on any atom is 0.262 e. The van der Waals surface area contributed by atoms with Crippen LogP contribution >= 0.6 is 0 Å². The molecular weight excluding hydrogens is 428 g/mol. The van der Waals surface area contributed by atoms with Crippen molar-refractivity contribution in [1.82, 2.24) is 14.0 Å². The minimum Gasteiger partial charge on any atom is -0.457 e. The van der Waals surface area contributed by atoms with Gasteiger partial charge in [-0.1, -0.05) is 37.3 Å². The van der Waals surface area contributed by atoms with Crippen molar-refractivity contribution in [2.24, 2.45) is 0 Å². The summed E-state index contributed by atoms with van der Waals surface area (Å²) >= 11 is 0. The zero-order chi connectivity index (χ0) is 23.7. The van der Waals surface area contributed by atoms with Crippen molar-refractivity contribution in [2.75, 3.05) is 5.32 Å². The summed E-state index contributed by atoms with van der Waals surface area (Å²) in [5.74, 6) is 1.68. The van der Waals surface area contributed by atoms with E-state index in [9.17, 15) is 9.59 Å². The van der Waals surface area contributed by atoms with Gasteiger partial charge in [-0.05, 0) is 61.9 Å². The molecule has 0 atom stereocenters. The third-order valence-electron chi connectivity index (χ3n) is 5.86. The fourth-order valence-corrected chi connectivity index (χ4v) is 4.17. The first kappa shape index (κ1) is 21.5. The Kier molecular flexibility index (Phi) is 5.59. The van der Waals surface area contributed by atoms with Crippen LogP contribution in [0.25, 0.3) is 16.8 Å². The number of carbonyl (C=O) groups is 1. The molecule has 7 nitrogen and oxygen atoms in total. The molecule has 2 heterocycles. The van der Waals surface area contributed by atoms with Crippen LogP contribution in [0.1, 0.15) is 18.2 Å². The summed E-state index contributed by atoms with van der Waals surface area (Å²) in [6.45, 7) is 3.84. The largest absolute Gasteiger partial charge is 0.457 e. The predicted molar refractivity (Wildman–Crippen MR) is 133 cm³/mol. The van der Waals surface area contributed by atoms with Gasteiger partial charge < -0.3 is 14.6 Å². The molecule has 0 spiro atoms. The molecule has 170 valence electrons. The van der Waals surface area contributed by atoms with Gasteiger partial charge in [-0.3, -0.25) is 9.59 Å². The first-order valence-electron chi connectivity index (χ1n) is 11.2. The van der Waals surface area contributed by atoms with Gasteiger partial charge in [0.05, 0.1) is 11.0 Å². The van der Waals surface area contributed by atoms with Gasteiger partial charge >= 0.3 is 0 Å². The van der Waals surface area contributed by atoms with Crippen LogP contribution in [0.5, 0.6) is 11.5 Å². The molecule has 0 radical (unpaired) electrons. The van der Waals surface area contributed by atoms with E-state index in [1.807, 2.05) is 85.1 Å². The van der Waals surface area contributed by atoms with Crippen LogP contribution in [-0.4, -0.2) is 19.9 Å². The second-order valence-electron chi connectivity index (χ2n) is 8.03. The summed E-state index contributed by atoms with van der Waals surface area (Å²) in [7, 11) is 0. The van der Waals surface area contributed by atoms with Crippen molar-refractivity contribution in [1.29, 1.82) is 0 Å². The molecule has 1 amide bonds. The minimum absolute atomic E-state index is 0.0359. The Balaban J connectivity index is 1.42. The highest BCUT2D eigenvalue weighted by atomic mass is 16.5. The SMILES string of the molecule is CCc1c(C)n(CC(=O)Nc2ccc(Oc3ccccc3)cc2)c2nc3ccccc3n2c1=O. The number of fused-ring (bicyclic) bond motifs is 3. The van der Waals surface area contributed by atoms with Gasteiger partial charge in [0, 0.05) is 16.9 Å². The predicted octanol–water partition coefficient (Wildman–Crippen LogP) is 4.95. The number of benzene rings is 3. The van der Waals surface area contributed by atoms with Gasteiger partial charge in [-0.15, -0.1) is 0 Å². The molecule has 0 bridgehead atoms. The number of anilines is 1. The number of hydrogen-bond acceptors (Lipinski definition) is 4. The van der Waals surface area contributed by atoms with Crippen molar-refractivity contribution >= 4 is 28.4 Å². The van der Waals surface area contributed by atoms with Gasteiger partial charge in [0.25, 0.3) is 5.56 Å². The highest BCUT2D eigenvalue weighted by molar-refractivity contribution is 5.91. The number of aromatic nitrogens is 3. The molecule has 5 aromatic rings. The summed E-state index contributed by atoms with van der Waals surface area (Å²) in [6, 6.07) is 24.2. The highest BCUT2D eigenvalue weighted by Crippen LogP contribution is 2.23. The molecule has 34 heavy (non-hydrogen) atoms. The number of para-hydroxylation sites is 3. The third-order valence-corrected chi connectivity index (χ3v) is 5.86. The van der Waals surface area contributed by atoms with E-state index in [1.54, 1.807) is 16.5 Å². The summed E-state index contributed by atoms with van der Waals surface area (Å²) in [5, 5.41) is 2.93. The van der Waals surface area contributed by atoms with Crippen LogP contribution in [0.4, 0.5) is 5.69 Å². The molecule has 7 heteroatoms. The number of nitrogens with zero attached hydrogens (tertiary/aromatic N) is 3. The van der Waals surface area contributed by atoms with Gasteiger partial charge in [-0.25, -0.2) is 9.38 Å². The molecule has 0 aliphatic carbocycles. The van der Waals surface area contributed by atoms with Crippen LogP contribution in [0.15, 0.2) is 83.7 Å². The summed E-state index contributed by atoms with van der Waals surface area (Å²) in [6.07, 6.45) is 0.567. The third kappa shape index (κ3) is 3.92. The molecule has 0 fully saturated rings. The Labute approximate surface area is 196 Å². The number of amides is 1. The number of ether oxygens (including phenoxy) is 1. The summed E-state index contributed by atoms with van der Waals surface area (Å²) in [4.78, 5) is 30.8. The quantitative estimate of drug-likeness (QED) is 0.395. The fourth-order valence-electron chi connectivity index (χ4n) is 4.17. The first-order valence-corrected chi connectivity index (χ1v) is 11.2. The number of imidazole rings is 1. The van der Waals surface area contributed by atoms with E-state index in [0.717, 1.165) is 22.5 Å². The van der Waals surface area contributed by atoms with E-state index in [-0.39, 0.29) is 18.0 Å². The number of rotatable bonds is 6. The molecule has 0 saturated carbocycles. The Morgan fingerprint density at radius 1 is 0.941 bits per heavy atom. The van der Waals surface area contributed by atoms with E-state index >= 15 is 0 Å². The topological polar surface area (TPSA) is 77.6 Å². The van der Waals surface area contributed by atoms with Gasteiger partial charge in [0.1, 0.15) is 18.0 Å². The lowest BCUT2D eigenvalue weighted by Crippen LogP contribution is -2.28. The second-order valence-corrected chi connectivity index (χ2v) is 8.03. The van der Waals surface area contributed by atoms with Gasteiger partial charge in [-0.2, -0.15) is 0 Å². The summed E-state index contributed by atoms with van der Waals surface area (Å²) < 4.78 is 9.22. The maximum absolute atomic E-state index is 13.1. The molecule has 0 saturated heterocycles. The molecule has 1 N–H and O–H groups in total. The lowest BCUT2D eigenvalue weighted by molar-refractivity contribution is -0.116. The molecule has 0 aliphatic rings. The molecule has 3 aromatic carbocycles. The average Bonchev–Trinajstić information content (AvgIpc) is 3.24. The zero-order valence-electron chi connectivity index (χ0n) is 19.0. The molecular formula is C27H24N4O3. The Morgan fingerprint density at radius 3 is 2.35 bits per heavy atom. The van der Waals surface area contributed by atoms with Crippen LogP contribution < -0.4 is 15.6 Å². The fraction of sp³-hybridized carbons (Fsp3) is 0.148. The monoisotopic (exact) mass is 452 g/mol. The van der Waals surface area contributed by atoms with Crippen molar-refractivity contribution in [3.63, 3.8) is 0 Å². The van der Waals surface area contributed by atoms with Crippen molar-refractivity contribution in [2.45, 2.75) is 26.8 Å². The van der Waals surface area contributed by atoms with Gasteiger partial charge in [0.2, 0.25) is 11.7 Å². The van der Waals surface area contributed by atoms with Crippen molar-refractivity contribution in [3.8, 4) is 11.5 Å². The molecule has 5 rings (SSSR count). The first-order chi connectivity index (χ1) is 16.5. The van der Waals surface area contributed by atoms with Crippen LogP contribution in [0.2, 0.25) is 0 Å².